The Morgan fingerprint density at radius 1 is 1.53 bits per heavy atom. The summed E-state index contributed by atoms with van der Waals surface area (Å²) in [6.45, 7) is 1.21. The number of piperidine rings is 1. The van der Waals surface area contributed by atoms with Crippen molar-refractivity contribution in [3.63, 3.8) is 0 Å². The van der Waals surface area contributed by atoms with Gasteiger partial charge >= 0.3 is 0 Å². The largest absolute Gasteiger partial charge is 0.487 e. The Morgan fingerprint density at radius 3 is 3.00 bits per heavy atom. The Morgan fingerprint density at radius 2 is 2.29 bits per heavy atom. The third-order valence-corrected chi connectivity index (χ3v) is 3.52. The molecule has 0 aliphatic carbocycles. The fraction of sp³-hybridized carbons (Fsp3) is 0.500. The summed E-state index contributed by atoms with van der Waals surface area (Å²) in [5.41, 5.74) is -1.10. The van der Waals surface area contributed by atoms with Gasteiger partial charge in [0.2, 0.25) is 0 Å². The van der Waals surface area contributed by atoms with Crippen molar-refractivity contribution in [2.75, 3.05) is 19.7 Å². The van der Waals surface area contributed by atoms with Gasteiger partial charge in [-0.3, -0.25) is 0 Å². The van der Waals surface area contributed by atoms with Crippen LogP contribution in [0.25, 0.3) is 0 Å². The molecule has 1 heterocycles. The number of rotatable bonds is 3. The van der Waals surface area contributed by atoms with Gasteiger partial charge in [-0.15, -0.1) is 11.6 Å². The van der Waals surface area contributed by atoms with E-state index in [0.717, 1.165) is 0 Å². The molecule has 2 N–H and O–H groups in total. The standard InChI is InChI=1S/C12H15ClFNO2/c13-11-7-15-6-5-12(11,16)8-17-10-4-2-1-3-9(10)14/h1-4,11,15-16H,5-8H2. The van der Waals surface area contributed by atoms with Crippen LogP contribution in [-0.4, -0.2) is 35.8 Å². The molecule has 17 heavy (non-hydrogen) atoms. The molecule has 1 aliphatic heterocycles. The number of benzene rings is 1. The van der Waals surface area contributed by atoms with Crippen molar-refractivity contribution in [3.05, 3.63) is 30.1 Å². The molecule has 0 saturated carbocycles. The maximum Gasteiger partial charge on any atom is 0.165 e. The van der Waals surface area contributed by atoms with Crippen molar-refractivity contribution in [2.24, 2.45) is 0 Å². The van der Waals surface area contributed by atoms with E-state index in [2.05, 4.69) is 5.32 Å². The maximum absolute atomic E-state index is 13.3. The Kier molecular flexibility index (Phi) is 3.86. The van der Waals surface area contributed by atoms with Gasteiger partial charge in [-0.25, -0.2) is 4.39 Å². The van der Waals surface area contributed by atoms with Gasteiger partial charge in [0.05, 0.1) is 5.38 Å². The zero-order chi connectivity index (χ0) is 12.3. The first kappa shape index (κ1) is 12.6. The predicted octanol–water partition coefficient (Wildman–Crippen LogP) is 1.54. The zero-order valence-electron chi connectivity index (χ0n) is 9.33. The van der Waals surface area contributed by atoms with Crippen molar-refractivity contribution in [1.82, 2.24) is 5.32 Å². The molecule has 1 saturated heterocycles. The number of halogens is 2. The van der Waals surface area contributed by atoms with Gasteiger partial charge in [-0.05, 0) is 25.1 Å². The molecule has 2 rings (SSSR count). The van der Waals surface area contributed by atoms with Crippen molar-refractivity contribution in [3.8, 4) is 5.75 Å². The van der Waals surface area contributed by atoms with Crippen molar-refractivity contribution < 1.29 is 14.2 Å². The fourth-order valence-electron chi connectivity index (χ4n) is 1.81. The third-order valence-electron chi connectivity index (χ3n) is 2.96. The molecule has 0 aromatic heterocycles. The molecule has 0 spiro atoms. The second-order valence-electron chi connectivity index (χ2n) is 4.24. The maximum atomic E-state index is 13.3. The minimum Gasteiger partial charge on any atom is -0.487 e. The number of nitrogens with one attached hydrogen (secondary N) is 1. The normalized spacial score (nSPS) is 29.0. The van der Waals surface area contributed by atoms with Gasteiger partial charge in [0.15, 0.2) is 11.6 Å². The molecule has 2 atom stereocenters. The Bertz CT molecular complexity index is 391. The van der Waals surface area contributed by atoms with Crippen LogP contribution in [0.5, 0.6) is 5.75 Å². The van der Waals surface area contributed by atoms with E-state index < -0.39 is 16.8 Å². The van der Waals surface area contributed by atoms with Crippen LogP contribution in [0.2, 0.25) is 0 Å². The molecule has 0 amide bonds. The van der Waals surface area contributed by atoms with E-state index in [0.29, 0.717) is 19.5 Å². The van der Waals surface area contributed by atoms with E-state index in [1.165, 1.54) is 12.1 Å². The highest BCUT2D eigenvalue weighted by Gasteiger charge is 2.38. The molecule has 0 radical (unpaired) electrons. The predicted molar refractivity (Wildman–Crippen MR) is 64.0 cm³/mol. The quantitative estimate of drug-likeness (QED) is 0.809. The number of ether oxygens (including phenoxy) is 1. The highest BCUT2D eigenvalue weighted by Crippen LogP contribution is 2.25. The number of aliphatic hydroxyl groups is 1. The molecule has 1 aliphatic rings. The topological polar surface area (TPSA) is 41.5 Å². The molecular weight excluding hydrogens is 245 g/mol. The van der Waals surface area contributed by atoms with E-state index in [4.69, 9.17) is 16.3 Å². The van der Waals surface area contributed by atoms with Crippen LogP contribution >= 0.6 is 11.6 Å². The fourth-order valence-corrected chi connectivity index (χ4v) is 2.09. The highest BCUT2D eigenvalue weighted by atomic mass is 35.5. The average Bonchev–Trinajstić information content (AvgIpc) is 2.32. The smallest absolute Gasteiger partial charge is 0.165 e. The molecule has 2 unspecified atom stereocenters. The summed E-state index contributed by atoms with van der Waals surface area (Å²) < 4.78 is 18.6. The summed E-state index contributed by atoms with van der Waals surface area (Å²) in [6.07, 6.45) is 0.496. The number of hydrogen-bond acceptors (Lipinski definition) is 3. The van der Waals surface area contributed by atoms with Gasteiger partial charge in [-0.2, -0.15) is 0 Å². The summed E-state index contributed by atoms with van der Waals surface area (Å²) in [6, 6.07) is 6.12. The van der Waals surface area contributed by atoms with Gasteiger partial charge in [-0.1, -0.05) is 12.1 Å². The lowest BCUT2D eigenvalue weighted by atomic mass is 9.93. The van der Waals surface area contributed by atoms with Crippen LogP contribution in [0, 0.1) is 5.82 Å². The van der Waals surface area contributed by atoms with Gasteiger partial charge in [0, 0.05) is 6.54 Å². The van der Waals surface area contributed by atoms with Crippen LogP contribution < -0.4 is 10.1 Å². The first-order valence-electron chi connectivity index (χ1n) is 5.56. The SMILES string of the molecule is OC1(COc2ccccc2F)CCNCC1Cl. The summed E-state index contributed by atoms with van der Waals surface area (Å²) in [7, 11) is 0. The third kappa shape index (κ3) is 2.89. The summed E-state index contributed by atoms with van der Waals surface area (Å²) in [5, 5.41) is 12.9. The number of para-hydroxylation sites is 1. The average molecular weight is 260 g/mol. The van der Waals surface area contributed by atoms with Crippen molar-refractivity contribution in [2.45, 2.75) is 17.4 Å². The molecule has 1 fully saturated rings. The minimum absolute atomic E-state index is 0.00375. The molecule has 0 bridgehead atoms. The monoisotopic (exact) mass is 259 g/mol. The second-order valence-corrected chi connectivity index (χ2v) is 4.77. The van der Waals surface area contributed by atoms with E-state index >= 15 is 0 Å². The van der Waals surface area contributed by atoms with Crippen molar-refractivity contribution >= 4 is 11.6 Å². The van der Waals surface area contributed by atoms with Gasteiger partial charge in [0.1, 0.15) is 12.2 Å². The van der Waals surface area contributed by atoms with E-state index in [1.54, 1.807) is 12.1 Å². The highest BCUT2D eigenvalue weighted by molar-refractivity contribution is 6.21. The lowest BCUT2D eigenvalue weighted by molar-refractivity contribution is -0.0258. The van der Waals surface area contributed by atoms with Crippen LogP contribution in [0.1, 0.15) is 6.42 Å². The van der Waals surface area contributed by atoms with Crippen LogP contribution in [0.3, 0.4) is 0 Å². The first-order chi connectivity index (χ1) is 8.12. The Hall–Kier alpha value is -0.840. The lowest BCUT2D eigenvalue weighted by Crippen LogP contribution is -2.54. The Balaban J connectivity index is 1.99. The second kappa shape index (κ2) is 5.21. The zero-order valence-corrected chi connectivity index (χ0v) is 10.1. The number of hydrogen-bond donors (Lipinski definition) is 2. The molecule has 5 heteroatoms. The summed E-state index contributed by atoms with van der Waals surface area (Å²) in [4.78, 5) is 0. The lowest BCUT2D eigenvalue weighted by Gasteiger charge is -2.36. The molecule has 3 nitrogen and oxygen atoms in total. The van der Waals surface area contributed by atoms with Crippen LogP contribution in [0.15, 0.2) is 24.3 Å². The molecule has 94 valence electrons. The first-order valence-corrected chi connectivity index (χ1v) is 6.00. The van der Waals surface area contributed by atoms with E-state index in [-0.39, 0.29) is 12.4 Å². The molecule has 1 aromatic rings. The minimum atomic E-state index is -1.10. The van der Waals surface area contributed by atoms with Crippen molar-refractivity contribution in [1.29, 1.82) is 0 Å². The summed E-state index contributed by atoms with van der Waals surface area (Å²) in [5.74, 6) is -0.292. The molecule has 1 aromatic carbocycles. The number of alkyl halides is 1. The van der Waals surface area contributed by atoms with Gasteiger partial charge in [0.25, 0.3) is 0 Å². The molecular formula is C12H15ClFNO2. The van der Waals surface area contributed by atoms with Crippen LogP contribution in [-0.2, 0) is 0 Å². The van der Waals surface area contributed by atoms with E-state index in [1.807, 2.05) is 0 Å². The van der Waals surface area contributed by atoms with Crippen LogP contribution in [0.4, 0.5) is 4.39 Å². The van der Waals surface area contributed by atoms with Gasteiger partial charge < -0.3 is 15.2 Å². The summed E-state index contributed by atoms with van der Waals surface area (Å²) >= 11 is 6.04. The Labute approximate surface area is 105 Å². The van der Waals surface area contributed by atoms with E-state index in [9.17, 15) is 9.50 Å².